The molecule has 0 spiro atoms. The molecule has 1 heterocycles. The monoisotopic (exact) mass is 348 g/mol. The van der Waals surface area contributed by atoms with Gasteiger partial charge in [0.05, 0.1) is 18.5 Å². The fourth-order valence-electron chi connectivity index (χ4n) is 1.97. The molecule has 1 amide bonds. The predicted molar refractivity (Wildman–Crippen MR) is 90.8 cm³/mol. The van der Waals surface area contributed by atoms with Crippen LogP contribution in [0.3, 0.4) is 0 Å². The fourth-order valence-corrected chi connectivity index (χ4v) is 2.70. The first-order valence-corrected chi connectivity index (χ1v) is 8.53. The molecule has 0 saturated carbocycles. The van der Waals surface area contributed by atoms with Crippen molar-refractivity contribution in [2.45, 2.75) is 37.8 Å². The Hall–Kier alpha value is -2.35. The Kier molecular flexibility index (Phi) is 6.36. The zero-order valence-corrected chi connectivity index (χ0v) is 14.4. The van der Waals surface area contributed by atoms with Gasteiger partial charge in [-0.25, -0.2) is 4.68 Å². The fraction of sp³-hybridized carbons (Fsp3) is 0.375. The van der Waals surface area contributed by atoms with Crippen molar-refractivity contribution in [3.63, 3.8) is 0 Å². The first-order valence-electron chi connectivity index (χ1n) is 7.54. The van der Waals surface area contributed by atoms with Crippen molar-refractivity contribution in [2.24, 2.45) is 0 Å². The van der Waals surface area contributed by atoms with E-state index in [-0.39, 0.29) is 19.0 Å². The zero-order valence-electron chi connectivity index (χ0n) is 13.6. The van der Waals surface area contributed by atoms with Crippen LogP contribution in [0.15, 0.2) is 35.4 Å². The smallest absolute Gasteiger partial charge is 0.325 e. The topological polar surface area (TPSA) is 97.1 Å². The van der Waals surface area contributed by atoms with Crippen LogP contribution in [0.5, 0.6) is 0 Å². The van der Waals surface area contributed by atoms with E-state index in [1.165, 1.54) is 28.2 Å². The van der Waals surface area contributed by atoms with Gasteiger partial charge in [0.15, 0.2) is 0 Å². The van der Waals surface area contributed by atoms with Crippen molar-refractivity contribution in [3.8, 4) is 0 Å². The summed E-state index contributed by atoms with van der Waals surface area (Å²) in [7, 11) is 0. The van der Waals surface area contributed by atoms with Gasteiger partial charge in [0, 0.05) is 4.90 Å². The summed E-state index contributed by atoms with van der Waals surface area (Å²) < 4.78 is 1.22. The highest BCUT2D eigenvalue weighted by molar-refractivity contribution is 8.00. The molecule has 0 aliphatic carbocycles. The lowest BCUT2D eigenvalue weighted by atomic mass is 10.0. The molecule has 0 unspecified atom stereocenters. The Morgan fingerprint density at radius 1 is 1.29 bits per heavy atom. The molecule has 2 rings (SSSR count). The van der Waals surface area contributed by atoms with Gasteiger partial charge < -0.3 is 10.4 Å². The average Bonchev–Trinajstić information content (AvgIpc) is 2.98. The van der Waals surface area contributed by atoms with Gasteiger partial charge in [-0.15, -0.1) is 16.9 Å². The SMILES string of the molecule is CC(C)c1ccc(SCC(=O)NCc2cn(CC(=O)O)nn2)cc1. The van der Waals surface area contributed by atoms with E-state index >= 15 is 0 Å². The number of carbonyl (C=O) groups excluding carboxylic acids is 1. The number of carboxylic acids is 1. The van der Waals surface area contributed by atoms with E-state index in [0.717, 1.165) is 4.90 Å². The van der Waals surface area contributed by atoms with Crippen LogP contribution in [0.1, 0.15) is 31.0 Å². The maximum atomic E-state index is 11.9. The summed E-state index contributed by atoms with van der Waals surface area (Å²) in [4.78, 5) is 23.5. The van der Waals surface area contributed by atoms with Gasteiger partial charge in [-0.1, -0.05) is 31.2 Å². The molecule has 1 aromatic carbocycles. The lowest BCUT2D eigenvalue weighted by Gasteiger charge is -2.07. The molecule has 7 nitrogen and oxygen atoms in total. The molecule has 0 saturated heterocycles. The molecule has 8 heteroatoms. The van der Waals surface area contributed by atoms with Crippen LogP contribution < -0.4 is 5.32 Å². The van der Waals surface area contributed by atoms with E-state index in [2.05, 4.69) is 41.6 Å². The number of hydrogen-bond donors (Lipinski definition) is 2. The van der Waals surface area contributed by atoms with E-state index in [1.54, 1.807) is 0 Å². The molecule has 128 valence electrons. The number of carbonyl (C=O) groups is 2. The van der Waals surface area contributed by atoms with Gasteiger partial charge in [0.2, 0.25) is 5.91 Å². The zero-order chi connectivity index (χ0) is 17.5. The number of aromatic nitrogens is 3. The summed E-state index contributed by atoms with van der Waals surface area (Å²) in [5, 5.41) is 18.9. The molecule has 0 radical (unpaired) electrons. The lowest BCUT2D eigenvalue weighted by Crippen LogP contribution is -2.24. The third-order valence-corrected chi connectivity index (χ3v) is 4.28. The Labute approximate surface area is 144 Å². The summed E-state index contributed by atoms with van der Waals surface area (Å²) in [6.45, 7) is 4.26. The van der Waals surface area contributed by atoms with Gasteiger partial charge in [0.25, 0.3) is 0 Å². The van der Waals surface area contributed by atoms with Crippen LogP contribution in [0.4, 0.5) is 0 Å². The largest absolute Gasteiger partial charge is 0.480 e. The van der Waals surface area contributed by atoms with Crippen LogP contribution >= 0.6 is 11.8 Å². The predicted octanol–water partition coefficient (Wildman–Crippen LogP) is 1.89. The number of nitrogens with zero attached hydrogens (tertiary/aromatic N) is 3. The van der Waals surface area contributed by atoms with Crippen molar-refractivity contribution >= 4 is 23.6 Å². The molecular formula is C16H20N4O3S. The minimum Gasteiger partial charge on any atom is -0.480 e. The van der Waals surface area contributed by atoms with Crippen molar-refractivity contribution in [3.05, 3.63) is 41.7 Å². The summed E-state index contributed by atoms with van der Waals surface area (Å²) >= 11 is 1.47. The van der Waals surface area contributed by atoms with E-state index in [4.69, 9.17) is 5.11 Å². The molecule has 0 bridgehead atoms. The van der Waals surface area contributed by atoms with Gasteiger partial charge in [-0.2, -0.15) is 0 Å². The molecule has 0 fully saturated rings. The van der Waals surface area contributed by atoms with Gasteiger partial charge >= 0.3 is 5.97 Å². The van der Waals surface area contributed by atoms with Gasteiger partial charge in [-0.3, -0.25) is 9.59 Å². The minimum absolute atomic E-state index is 0.110. The molecule has 24 heavy (non-hydrogen) atoms. The molecule has 2 aromatic rings. The van der Waals surface area contributed by atoms with Crippen LogP contribution in [0.2, 0.25) is 0 Å². The average molecular weight is 348 g/mol. The Balaban J connectivity index is 1.75. The van der Waals surface area contributed by atoms with Crippen LogP contribution in [-0.4, -0.2) is 37.7 Å². The number of nitrogens with one attached hydrogen (secondary N) is 1. The molecule has 0 aliphatic rings. The summed E-state index contributed by atoms with van der Waals surface area (Å²) in [5.74, 6) is -0.303. The number of aliphatic carboxylic acids is 1. The number of thioether (sulfide) groups is 1. The third-order valence-electron chi connectivity index (χ3n) is 3.27. The van der Waals surface area contributed by atoms with Crippen molar-refractivity contribution in [1.82, 2.24) is 20.3 Å². The van der Waals surface area contributed by atoms with Gasteiger partial charge in [-0.05, 0) is 23.6 Å². The van der Waals surface area contributed by atoms with E-state index in [0.29, 0.717) is 17.4 Å². The second-order valence-electron chi connectivity index (χ2n) is 5.59. The normalized spacial score (nSPS) is 10.8. The Bertz CT molecular complexity index is 698. The molecule has 0 aliphatic heterocycles. The number of amides is 1. The van der Waals surface area contributed by atoms with Crippen molar-refractivity contribution < 1.29 is 14.7 Å². The Morgan fingerprint density at radius 3 is 2.62 bits per heavy atom. The highest BCUT2D eigenvalue weighted by Crippen LogP contribution is 2.21. The van der Waals surface area contributed by atoms with Crippen LogP contribution in [-0.2, 0) is 22.7 Å². The van der Waals surface area contributed by atoms with Crippen LogP contribution in [0.25, 0.3) is 0 Å². The van der Waals surface area contributed by atoms with Gasteiger partial charge in [0.1, 0.15) is 12.2 Å². The highest BCUT2D eigenvalue weighted by Gasteiger charge is 2.07. The van der Waals surface area contributed by atoms with E-state index in [1.807, 2.05) is 12.1 Å². The minimum atomic E-state index is -0.990. The number of benzene rings is 1. The second-order valence-corrected chi connectivity index (χ2v) is 6.64. The third kappa shape index (κ3) is 5.69. The van der Waals surface area contributed by atoms with E-state index in [9.17, 15) is 9.59 Å². The standard InChI is InChI=1S/C16H20N4O3S/c1-11(2)12-3-5-14(6-4-12)24-10-15(21)17-7-13-8-20(19-18-13)9-16(22)23/h3-6,8,11H,7,9-10H2,1-2H3,(H,17,21)(H,22,23). The molecular weight excluding hydrogens is 328 g/mol. The summed E-state index contributed by atoms with van der Waals surface area (Å²) in [6.07, 6.45) is 1.51. The maximum Gasteiger partial charge on any atom is 0.325 e. The van der Waals surface area contributed by atoms with Crippen molar-refractivity contribution in [1.29, 1.82) is 0 Å². The lowest BCUT2D eigenvalue weighted by molar-refractivity contribution is -0.137. The van der Waals surface area contributed by atoms with E-state index < -0.39 is 5.97 Å². The summed E-state index contributed by atoms with van der Waals surface area (Å²) in [6, 6.07) is 8.19. The second kappa shape index (κ2) is 8.49. The van der Waals surface area contributed by atoms with Crippen molar-refractivity contribution in [2.75, 3.05) is 5.75 Å². The van der Waals surface area contributed by atoms with Crippen LogP contribution in [0, 0.1) is 0 Å². The maximum absolute atomic E-state index is 11.9. The number of hydrogen-bond acceptors (Lipinski definition) is 5. The first-order chi connectivity index (χ1) is 11.4. The molecule has 0 atom stereocenters. The summed E-state index contributed by atoms with van der Waals surface area (Å²) in [5.41, 5.74) is 1.80. The highest BCUT2D eigenvalue weighted by atomic mass is 32.2. The molecule has 2 N–H and O–H groups in total. The first kappa shape index (κ1) is 18.0. The Morgan fingerprint density at radius 2 is 2.00 bits per heavy atom. The molecule has 1 aromatic heterocycles. The number of rotatable bonds is 8. The quantitative estimate of drug-likeness (QED) is 0.707. The number of carboxylic acid groups (broad SMARTS) is 1.